The second-order valence-corrected chi connectivity index (χ2v) is 4.29. The van der Waals surface area contributed by atoms with E-state index in [0.29, 0.717) is 6.61 Å². The minimum atomic E-state index is -0.421. The zero-order chi connectivity index (χ0) is 12.8. The topological polar surface area (TPSA) is 47.6 Å². The highest BCUT2D eigenvalue weighted by atomic mass is 16.5. The summed E-state index contributed by atoms with van der Waals surface area (Å²) in [5.74, 6) is -0.242. The molecule has 1 fully saturated rings. The van der Waals surface area contributed by atoms with Gasteiger partial charge in [-0.15, -0.1) is 0 Å². The second kappa shape index (κ2) is 6.40. The van der Waals surface area contributed by atoms with Crippen LogP contribution >= 0.6 is 0 Å². The van der Waals surface area contributed by atoms with Gasteiger partial charge in [-0.05, 0) is 31.9 Å². The molecule has 4 heteroatoms. The minimum Gasteiger partial charge on any atom is -0.464 e. The molecule has 2 rings (SSSR count). The standard InChI is InChI=1S/C14H19NO3/c1-2-17-14(16)13(12-9-6-10-18-12)15-11-7-4-3-5-8-11/h3-5,7-8,12-13,15H,2,6,9-10H2,1H3. The van der Waals surface area contributed by atoms with Gasteiger partial charge in [0.15, 0.2) is 6.04 Å². The molecule has 98 valence electrons. The van der Waals surface area contributed by atoms with Gasteiger partial charge in [0.1, 0.15) is 0 Å². The van der Waals surface area contributed by atoms with Crippen LogP contribution in [0.25, 0.3) is 0 Å². The molecule has 1 aromatic rings. The van der Waals surface area contributed by atoms with E-state index in [2.05, 4.69) is 5.32 Å². The molecule has 0 radical (unpaired) electrons. The number of hydrogen-bond donors (Lipinski definition) is 1. The summed E-state index contributed by atoms with van der Waals surface area (Å²) in [4.78, 5) is 12.0. The van der Waals surface area contributed by atoms with Crippen LogP contribution in [0.1, 0.15) is 19.8 Å². The average Bonchev–Trinajstić information content (AvgIpc) is 2.91. The number of nitrogens with one attached hydrogen (secondary N) is 1. The van der Waals surface area contributed by atoms with Crippen molar-refractivity contribution in [1.82, 2.24) is 0 Å². The van der Waals surface area contributed by atoms with Crippen molar-refractivity contribution in [3.05, 3.63) is 30.3 Å². The van der Waals surface area contributed by atoms with Crippen molar-refractivity contribution in [2.24, 2.45) is 0 Å². The summed E-state index contributed by atoms with van der Waals surface area (Å²) < 4.78 is 10.7. The van der Waals surface area contributed by atoms with Gasteiger partial charge in [-0.25, -0.2) is 4.79 Å². The van der Waals surface area contributed by atoms with E-state index in [0.717, 1.165) is 25.1 Å². The van der Waals surface area contributed by atoms with Crippen LogP contribution in [0.5, 0.6) is 0 Å². The van der Waals surface area contributed by atoms with E-state index in [-0.39, 0.29) is 12.1 Å². The molecule has 1 aromatic carbocycles. The van der Waals surface area contributed by atoms with Crippen molar-refractivity contribution < 1.29 is 14.3 Å². The highest BCUT2D eigenvalue weighted by Crippen LogP contribution is 2.20. The van der Waals surface area contributed by atoms with Gasteiger partial charge in [-0.1, -0.05) is 18.2 Å². The number of esters is 1. The second-order valence-electron chi connectivity index (χ2n) is 4.29. The van der Waals surface area contributed by atoms with Crippen LogP contribution < -0.4 is 5.32 Å². The van der Waals surface area contributed by atoms with Gasteiger partial charge < -0.3 is 14.8 Å². The molecule has 0 aromatic heterocycles. The fourth-order valence-corrected chi connectivity index (χ4v) is 2.12. The quantitative estimate of drug-likeness (QED) is 0.813. The van der Waals surface area contributed by atoms with Crippen molar-refractivity contribution in [2.45, 2.75) is 31.9 Å². The maximum atomic E-state index is 12.0. The smallest absolute Gasteiger partial charge is 0.331 e. The Hall–Kier alpha value is -1.55. The summed E-state index contributed by atoms with van der Waals surface area (Å²) in [5.41, 5.74) is 0.908. The Morgan fingerprint density at radius 3 is 2.89 bits per heavy atom. The van der Waals surface area contributed by atoms with Crippen molar-refractivity contribution in [3.8, 4) is 0 Å². The molecule has 0 aliphatic carbocycles. The molecular formula is C14H19NO3. The molecule has 0 spiro atoms. The van der Waals surface area contributed by atoms with Crippen LogP contribution in [0.2, 0.25) is 0 Å². The lowest BCUT2D eigenvalue weighted by Gasteiger charge is -2.23. The fourth-order valence-electron chi connectivity index (χ4n) is 2.12. The lowest BCUT2D eigenvalue weighted by molar-refractivity contribution is -0.146. The number of hydrogen-bond acceptors (Lipinski definition) is 4. The zero-order valence-electron chi connectivity index (χ0n) is 10.6. The summed E-state index contributed by atoms with van der Waals surface area (Å²) in [6, 6.07) is 9.24. The summed E-state index contributed by atoms with van der Waals surface area (Å²) in [6.07, 6.45) is 1.80. The average molecular weight is 249 g/mol. The lowest BCUT2D eigenvalue weighted by Crippen LogP contribution is -2.41. The summed E-state index contributed by atoms with van der Waals surface area (Å²) >= 11 is 0. The molecule has 1 aliphatic heterocycles. The van der Waals surface area contributed by atoms with Gasteiger partial charge in [0.2, 0.25) is 0 Å². The van der Waals surface area contributed by atoms with E-state index in [1.807, 2.05) is 37.3 Å². The first-order valence-electron chi connectivity index (χ1n) is 6.41. The van der Waals surface area contributed by atoms with E-state index < -0.39 is 6.04 Å². The van der Waals surface area contributed by atoms with Crippen LogP contribution in [0, 0.1) is 0 Å². The molecule has 4 nitrogen and oxygen atoms in total. The molecule has 1 N–H and O–H groups in total. The Bertz CT molecular complexity index is 374. The summed E-state index contributed by atoms with van der Waals surface area (Å²) in [5, 5.41) is 3.21. The zero-order valence-corrected chi connectivity index (χ0v) is 10.6. The van der Waals surface area contributed by atoms with Crippen LogP contribution in [0.15, 0.2) is 30.3 Å². The Morgan fingerprint density at radius 2 is 2.28 bits per heavy atom. The summed E-state index contributed by atoms with van der Waals surface area (Å²) in [7, 11) is 0. The third-order valence-electron chi connectivity index (χ3n) is 2.97. The van der Waals surface area contributed by atoms with E-state index in [4.69, 9.17) is 9.47 Å². The lowest BCUT2D eigenvalue weighted by atomic mass is 10.1. The number of rotatable bonds is 5. The van der Waals surface area contributed by atoms with Crippen molar-refractivity contribution in [3.63, 3.8) is 0 Å². The van der Waals surface area contributed by atoms with E-state index >= 15 is 0 Å². The molecule has 18 heavy (non-hydrogen) atoms. The largest absolute Gasteiger partial charge is 0.464 e. The van der Waals surface area contributed by atoms with E-state index in [9.17, 15) is 4.79 Å². The maximum Gasteiger partial charge on any atom is 0.331 e. The van der Waals surface area contributed by atoms with Gasteiger partial charge >= 0.3 is 5.97 Å². The Kier molecular flexibility index (Phi) is 4.59. The van der Waals surface area contributed by atoms with Crippen LogP contribution in [-0.4, -0.2) is 31.3 Å². The molecule has 0 saturated carbocycles. The van der Waals surface area contributed by atoms with E-state index in [1.165, 1.54) is 0 Å². The molecule has 1 saturated heterocycles. The molecule has 0 bridgehead atoms. The number of carbonyl (C=O) groups is 1. The van der Waals surface area contributed by atoms with Crippen molar-refractivity contribution in [1.29, 1.82) is 0 Å². The highest BCUT2D eigenvalue weighted by Gasteiger charge is 2.32. The van der Waals surface area contributed by atoms with Crippen LogP contribution in [0.3, 0.4) is 0 Å². The Labute approximate surface area is 107 Å². The van der Waals surface area contributed by atoms with Crippen LogP contribution in [-0.2, 0) is 14.3 Å². The van der Waals surface area contributed by atoms with Crippen molar-refractivity contribution >= 4 is 11.7 Å². The fraction of sp³-hybridized carbons (Fsp3) is 0.500. The minimum absolute atomic E-state index is 0.0933. The van der Waals surface area contributed by atoms with E-state index in [1.54, 1.807) is 0 Å². The molecule has 1 aliphatic rings. The monoisotopic (exact) mass is 249 g/mol. The number of anilines is 1. The molecular weight excluding hydrogens is 230 g/mol. The molecule has 2 atom stereocenters. The molecule has 0 amide bonds. The number of benzene rings is 1. The maximum absolute atomic E-state index is 12.0. The van der Waals surface area contributed by atoms with Gasteiger partial charge in [0.25, 0.3) is 0 Å². The van der Waals surface area contributed by atoms with Crippen molar-refractivity contribution in [2.75, 3.05) is 18.5 Å². The number of para-hydroxylation sites is 1. The third kappa shape index (κ3) is 3.23. The predicted molar refractivity (Wildman–Crippen MR) is 69.5 cm³/mol. The van der Waals surface area contributed by atoms with Gasteiger partial charge in [-0.3, -0.25) is 0 Å². The SMILES string of the molecule is CCOC(=O)C(Nc1ccccc1)C1CCCO1. The van der Waals surface area contributed by atoms with Gasteiger partial charge in [0.05, 0.1) is 12.7 Å². The first-order chi connectivity index (χ1) is 8.81. The van der Waals surface area contributed by atoms with Gasteiger partial charge in [0, 0.05) is 12.3 Å². The molecule has 2 unspecified atom stereocenters. The number of carbonyl (C=O) groups excluding carboxylic acids is 1. The molecule has 1 heterocycles. The third-order valence-corrected chi connectivity index (χ3v) is 2.97. The highest BCUT2D eigenvalue weighted by molar-refractivity contribution is 5.80. The number of ether oxygens (including phenoxy) is 2. The predicted octanol–water partition coefficient (Wildman–Crippen LogP) is 2.21. The first kappa shape index (κ1) is 12.9. The normalized spacial score (nSPS) is 20.4. The summed E-state index contributed by atoms with van der Waals surface area (Å²) in [6.45, 7) is 2.92. The Balaban J connectivity index is 2.06. The Morgan fingerprint density at radius 1 is 1.50 bits per heavy atom. The van der Waals surface area contributed by atoms with Gasteiger partial charge in [-0.2, -0.15) is 0 Å². The van der Waals surface area contributed by atoms with Crippen LogP contribution in [0.4, 0.5) is 5.69 Å². The first-order valence-corrected chi connectivity index (χ1v) is 6.41.